The first-order valence-corrected chi connectivity index (χ1v) is 12.4. The van der Waals surface area contributed by atoms with Crippen molar-refractivity contribution in [1.29, 1.82) is 0 Å². The molecule has 1 aliphatic carbocycles. The zero-order valence-electron chi connectivity index (χ0n) is 21.8. The van der Waals surface area contributed by atoms with Crippen LogP contribution < -0.4 is 0 Å². The van der Waals surface area contributed by atoms with Crippen LogP contribution in [0.5, 0.6) is 5.75 Å². The molecule has 3 aromatic carbocycles. The van der Waals surface area contributed by atoms with Crippen LogP contribution in [0.15, 0.2) is 85.5 Å². The van der Waals surface area contributed by atoms with Gasteiger partial charge in [-0.05, 0) is 77.3 Å². The summed E-state index contributed by atoms with van der Waals surface area (Å²) >= 11 is 0. The first kappa shape index (κ1) is 26.9. The Kier molecular flexibility index (Phi) is 10.1. The number of hydrogen-bond acceptors (Lipinski definition) is 1. The summed E-state index contributed by atoms with van der Waals surface area (Å²) < 4.78 is 0. The van der Waals surface area contributed by atoms with Crippen LogP contribution in [-0.2, 0) is 12.8 Å². The molecule has 1 atom stereocenters. The fraction of sp³-hybridized carbons (Fsp3) is 0.273. The van der Waals surface area contributed by atoms with Crippen molar-refractivity contribution in [3.8, 4) is 5.75 Å². The summed E-state index contributed by atoms with van der Waals surface area (Å²) in [4.78, 5) is 0. The maximum Gasteiger partial charge on any atom is 0.118 e. The van der Waals surface area contributed by atoms with Crippen molar-refractivity contribution in [3.05, 3.63) is 124 Å². The molecular weight excluding hydrogens is 412 g/mol. The summed E-state index contributed by atoms with van der Waals surface area (Å²) in [5, 5.41) is 9.75. The second-order valence-electron chi connectivity index (χ2n) is 8.32. The third-order valence-corrected chi connectivity index (χ3v) is 6.05. The molecule has 0 saturated heterocycles. The molecule has 34 heavy (non-hydrogen) atoms. The third-order valence-electron chi connectivity index (χ3n) is 6.05. The molecule has 0 spiro atoms. The number of hydrogen-bond donors (Lipinski definition) is 1. The van der Waals surface area contributed by atoms with Crippen molar-refractivity contribution in [3.63, 3.8) is 0 Å². The Balaban J connectivity index is 0.000000970. The first-order chi connectivity index (χ1) is 16.4. The van der Waals surface area contributed by atoms with Gasteiger partial charge >= 0.3 is 0 Å². The molecule has 0 saturated carbocycles. The number of fused-ring (bicyclic) bond motifs is 1. The van der Waals surface area contributed by atoms with Crippen LogP contribution in [0, 0.1) is 13.8 Å². The Morgan fingerprint density at radius 2 is 1.56 bits per heavy atom. The maximum atomic E-state index is 9.75. The molecule has 0 aromatic heterocycles. The van der Waals surface area contributed by atoms with Crippen molar-refractivity contribution < 1.29 is 5.11 Å². The highest BCUT2D eigenvalue weighted by atomic mass is 16.3. The highest BCUT2D eigenvalue weighted by molar-refractivity contribution is 5.84. The topological polar surface area (TPSA) is 20.2 Å². The van der Waals surface area contributed by atoms with Crippen molar-refractivity contribution in [2.75, 3.05) is 0 Å². The molecule has 0 fully saturated rings. The molecule has 178 valence electrons. The van der Waals surface area contributed by atoms with Gasteiger partial charge in [0.05, 0.1) is 0 Å². The second-order valence-corrected chi connectivity index (χ2v) is 8.32. The quantitative estimate of drug-likeness (QED) is 0.382. The molecule has 1 nitrogen and oxygen atoms in total. The summed E-state index contributed by atoms with van der Waals surface area (Å²) in [6.45, 7) is 20.9. The van der Waals surface area contributed by atoms with E-state index < -0.39 is 0 Å². The number of phenolic OH excluding ortho intramolecular Hbond substituents is 1. The van der Waals surface area contributed by atoms with Crippen LogP contribution >= 0.6 is 0 Å². The smallest absolute Gasteiger partial charge is 0.118 e. The predicted octanol–water partition coefficient (Wildman–Crippen LogP) is 9.23. The standard InChI is InChI=1S/C29H28O.2C2H6/c1-19(16-23-12-15-29(30)21(3)18-23)17-24-9-7-11-26-22(4)27(13-14-28(24)26)25-10-6-5-8-20(25)2;2*1-2/h5-15,18,27,30H,1,4,16-17H2,2-3H3;2*1-2H3. The lowest BCUT2D eigenvalue weighted by molar-refractivity contribution is 0.471. The predicted molar refractivity (Wildman–Crippen MR) is 151 cm³/mol. The fourth-order valence-electron chi connectivity index (χ4n) is 4.40. The summed E-state index contributed by atoms with van der Waals surface area (Å²) in [7, 11) is 0. The van der Waals surface area contributed by atoms with E-state index in [0.29, 0.717) is 5.75 Å². The van der Waals surface area contributed by atoms with Gasteiger partial charge in [-0.15, -0.1) is 0 Å². The van der Waals surface area contributed by atoms with Gasteiger partial charge in [0.1, 0.15) is 5.75 Å². The van der Waals surface area contributed by atoms with E-state index in [4.69, 9.17) is 0 Å². The van der Waals surface area contributed by atoms with Crippen molar-refractivity contribution in [1.82, 2.24) is 0 Å². The number of phenols is 1. The Morgan fingerprint density at radius 1 is 0.853 bits per heavy atom. The molecule has 0 heterocycles. The second kappa shape index (κ2) is 12.8. The van der Waals surface area contributed by atoms with Gasteiger partial charge in [-0.25, -0.2) is 0 Å². The van der Waals surface area contributed by atoms with Crippen molar-refractivity contribution in [2.45, 2.75) is 60.3 Å². The van der Waals surface area contributed by atoms with Crippen LogP contribution in [0.1, 0.15) is 72.6 Å². The van der Waals surface area contributed by atoms with Gasteiger partial charge in [-0.3, -0.25) is 0 Å². The van der Waals surface area contributed by atoms with Crippen LogP contribution in [0.25, 0.3) is 11.6 Å². The lowest BCUT2D eigenvalue weighted by Crippen LogP contribution is -2.08. The van der Waals surface area contributed by atoms with Crippen LogP contribution in [0.3, 0.4) is 0 Å². The fourth-order valence-corrected chi connectivity index (χ4v) is 4.40. The largest absolute Gasteiger partial charge is 0.508 e. The third kappa shape index (κ3) is 6.17. The molecular formula is C33H40O. The zero-order chi connectivity index (χ0) is 25.3. The van der Waals surface area contributed by atoms with Gasteiger partial charge in [-0.2, -0.15) is 0 Å². The Hall–Kier alpha value is -3.32. The van der Waals surface area contributed by atoms with E-state index in [0.717, 1.165) is 29.6 Å². The molecule has 0 amide bonds. The molecule has 1 N–H and O–H groups in total. The van der Waals surface area contributed by atoms with E-state index in [2.05, 4.69) is 74.7 Å². The molecule has 1 unspecified atom stereocenters. The SMILES string of the molecule is C=C(Cc1ccc(O)c(C)c1)Cc1cccc2c1C=CC(c1ccccc1C)C2=C.CC.CC. The maximum absolute atomic E-state index is 9.75. The average molecular weight is 453 g/mol. The number of allylic oxidation sites excluding steroid dienone is 3. The van der Waals surface area contributed by atoms with E-state index in [1.54, 1.807) is 6.07 Å². The highest BCUT2D eigenvalue weighted by Gasteiger charge is 2.22. The molecule has 0 bridgehead atoms. The minimum absolute atomic E-state index is 0.220. The molecule has 0 radical (unpaired) electrons. The molecule has 4 rings (SSSR count). The number of aromatic hydroxyl groups is 1. The Bertz CT molecular complexity index is 1160. The van der Waals surface area contributed by atoms with E-state index in [9.17, 15) is 5.11 Å². The molecule has 3 aromatic rings. The lowest BCUT2D eigenvalue weighted by Gasteiger charge is -2.26. The van der Waals surface area contributed by atoms with E-state index in [-0.39, 0.29) is 5.92 Å². The molecule has 0 aliphatic heterocycles. The van der Waals surface area contributed by atoms with E-state index in [1.807, 2.05) is 46.8 Å². The highest BCUT2D eigenvalue weighted by Crippen LogP contribution is 2.40. The van der Waals surface area contributed by atoms with Crippen LogP contribution in [-0.4, -0.2) is 5.11 Å². The number of rotatable bonds is 5. The Morgan fingerprint density at radius 3 is 2.24 bits per heavy atom. The molecule has 1 heteroatoms. The van der Waals surface area contributed by atoms with Gasteiger partial charge < -0.3 is 5.11 Å². The minimum Gasteiger partial charge on any atom is -0.508 e. The first-order valence-electron chi connectivity index (χ1n) is 12.4. The lowest BCUT2D eigenvalue weighted by atomic mass is 9.78. The Labute approximate surface area is 207 Å². The van der Waals surface area contributed by atoms with Gasteiger partial charge in [0.25, 0.3) is 0 Å². The van der Waals surface area contributed by atoms with Gasteiger partial charge in [0.2, 0.25) is 0 Å². The minimum atomic E-state index is 0.220. The zero-order valence-corrected chi connectivity index (χ0v) is 21.8. The summed E-state index contributed by atoms with van der Waals surface area (Å²) in [6, 6.07) is 20.8. The van der Waals surface area contributed by atoms with Gasteiger partial charge in [0, 0.05) is 5.92 Å². The average Bonchev–Trinajstić information content (AvgIpc) is 2.85. The van der Waals surface area contributed by atoms with Crippen molar-refractivity contribution in [2.24, 2.45) is 0 Å². The monoisotopic (exact) mass is 452 g/mol. The van der Waals surface area contributed by atoms with E-state index >= 15 is 0 Å². The molecule has 1 aliphatic rings. The van der Waals surface area contributed by atoms with E-state index in [1.165, 1.54) is 33.4 Å². The van der Waals surface area contributed by atoms with Gasteiger partial charge in [0.15, 0.2) is 0 Å². The normalized spacial score (nSPS) is 13.7. The summed E-state index contributed by atoms with van der Waals surface area (Å²) in [6.07, 6.45) is 6.17. The van der Waals surface area contributed by atoms with Crippen LogP contribution in [0.4, 0.5) is 0 Å². The van der Waals surface area contributed by atoms with Gasteiger partial charge in [-0.1, -0.05) is 113 Å². The van der Waals surface area contributed by atoms with Crippen LogP contribution in [0.2, 0.25) is 0 Å². The number of aryl methyl sites for hydroxylation is 2. The van der Waals surface area contributed by atoms with Crippen molar-refractivity contribution >= 4 is 11.6 Å². The number of benzene rings is 3. The summed E-state index contributed by atoms with van der Waals surface area (Å²) in [5.74, 6) is 0.561. The summed E-state index contributed by atoms with van der Waals surface area (Å²) in [5.41, 5.74) is 10.8.